The average molecular weight is 298 g/mol. The summed E-state index contributed by atoms with van der Waals surface area (Å²) in [4.78, 5) is 0. The van der Waals surface area contributed by atoms with Crippen molar-refractivity contribution < 1.29 is 14.2 Å². The minimum Gasteiger partial charge on any atom is -0.495 e. The van der Waals surface area contributed by atoms with E-state index in [-0.39, 0.29) is 12.2 Å². The molecule has 1 aliphatic carbocycles. The Morgan fingerprint density at radius 1 is 1.30 bits per heavy atom. The van der Waals surface area contributed by atoms with Gasteiger partial charge in [0, 0.05) is 23.6 Å². The van der Waals surface area contributed by atoms with Gasteiger partial charge in [-0.15, -0.1) is 0 Å². The van der Waals surface area contributed by atoms with Gasteiger partial charge in [0.25, 0.3) is 0 Å². The highest BCUT2D eigenvalue weighted by atomic mass is 35.5. The SMILES string of the molecule is COc1c(Cl)cc2c(c1C1(CN)CCCCC1)OCO2. The van der Waals surface area contributed by atoms with Crippen molar-refractivity contribution in [3.8, 4) is 17.2 Å². The number of halogens is 1. The molecule has 1 heterocycles. The molecule has 20 heavy (non-hydrogen) atoms. The van der Waals surface area contributed by atoms with E-state index >= 15 is 0 Å². The normalized spacial score (nSPS) is 19.9. The molecular formula is C15H20ClNO3. The third-order valence-electron chi connectivity index (χ3n) is 4.51. The van der Waals surface area contributed by atoms with Gasteiger partial charge >= 0.3 is 0 Å². The third kappa shape index (κ3) is 2.02. The number of ether oxygens (including phenoxy) is 3. The summed E-state index contributed by atoms with van der Waals surface area (Å²) in [5, 5.41) is 0.560. The lowest BCUT2D eigenvalue weighted by Gasteiger charge is -2.38. The van der Waals surface area contributed by atoms with Crippen LogP contribution in [0.25, 0.3) is 0 Å². The molecule has 1 fully saturated rings. The molecule has 1 aromatic carbocycles. The second-order valence-corrected chi connectivity index (χ2v) is 5.95. The van der Waals surface area contributed by atoms with Gasteiger partial charge in [-0.05, 0) is 12.8 Å². The summed E-state index contributed by atoms with van der Waals surface area (Å²) in [6.07, 6.45) is 5.67. The van der Waals surface area contributed by atoms with Crippen LogP contribution in [-0.4, -0.2) is 20.4 Å². The number of fused-ring (bicyclic) bond motifs is 1. The summed E-state index contributed by atoms with van der Waals surface area (Å²) in [7, 11) is 1.64. The van der Waals surface area contributed by atoms with Crippen molar-refractivity contribution in [2.75, 3.05) is 20.4 Å². The first kappa shape index (κ1) is 13.8. The highest BCUT2D eigenvalue weighted by Gasteiger charge is 2.41. The molecule has 110 valence electrons. The predicted octanol–water partition coefficient (Wildman–Crippen LogP) is 3.24. The quantitative estimate of drug-likeness (QED) is 0.930. The first-order chi connectivity index (χ1) is 9.72. The van der Waals surface area contributed by atoms with Crippen LogP contribution in [0.4, 0.5) is 0 Å². The maximum absolute atomic E-state index is 6.35. The van der Waals surface area contributed by atoms with Gasteiger partial charge in [-0.3, -0.25) is 0 Å². The summed E-state index contributed by atoms with van der Waals surface area (Å²) < 4.78 is 16.7. The molecule has 1 aliphatic heterocycles. The smallest absolute Gasteiger partial charge is 0.231 e. The zero-order chi connectivity index (χ0) is 14.2. The van der Waals surface area contributed by atoms with Crippen LogP contribution in [0.15, 0.2) is 6.07 Å². The molecule has 0 radical (unpaired) electrons. The van der Waals surface area contributed by atoms with Crippen LogP contribution in [-0.2, 0) is 5.41 Å². The van der Waals surface area contributed by atoms with Crippen LogP contribution in [0.5, 0.6) is 17.2 Å². The molecule has 0 aromatic heterocycles. The van der Waals surface area contributed by atoms with Crippen LogP contribution in [0.3, 0.4) is 0 Å². The monoisotopic (exact) mass is 297 g/mol. The summed E-state index contributed by atoms with van der Waals surface area (Å²) in [6, 6.07) is 1.76. The van der Waals surface area contributed by atoms with Crippen molar-refractivity contribution in [3.05, 3.63) is 16.7 Å². The molecule has 0 spiro atoms. The van der Waals surface area contributed by atoms with Gasteiger partial charge in [0.1, 0.15) is 5.75 Å². The second kappa shape index (κ2) is 5.34. The number of benzene rings is 1. The fourth-order valence-electron chi connectivity index (χ4n) is 3.46. The molecule has 0 bridgehead atoms. The van der Waals surface area contributed by atoms with Crippen molar-refractivity contribution in [1.29, 1.82) is 0 Å². The Hall–Kier alpha value is -1.13. The molecule has 3 rings (SSSR count). The Kier molecular flexibility index (Phi) is 3.69. The molecule has 2 N–H and O–H groups in total. The summed E-state index contributed by atoms with van der Waals surface area (Å²) >= 11 is 6.35. The zero-order valence-electron chi connectivity index (χ0n) is 11.7. The Labute approximate surface area is 124 Å². The lowest BCUT2D eigenvalue weighted by molar-refractivity contribution is 0.170. The molecule has 2 aliphatic rings. The predicted molar refractivity (Wildman–Crippen MR) is 77.9 cm³/mol. The molecule has 1 aromatic rings. The van der Waals surface area contributed by atoms with Crippen molar-refractivity contribution in [2.45, 2.75) is 37.5 Å². The van der Waals surface area contributed by atoms with Crippen molar-refractivity contribution in [1.82, 2.24) is 0 Å². The van der Waals surface area contributed by atoms with Crippen molar-refractivity contribution in [3.63, 3.8) is 0 Å². The molecule has 0 unspecified atom stereocenters. The number of hydrogen-bond acceptors (Lipinski definition) is 4. The van der Waals surface area contributed by atoms with Crippen LogP contribution in [0, 0.1) is 0 Å². The lowest BCUT2D eigenvalue weighted by atomic mass is 9.68. The Morgan fingerprint density at radius 3 is 2.70 bits per heavy atom. The first-order valence-corrected chi connectivity index (χ1v) is 7.46. The third-order valence-corrected chi connectivity index (χ3v) is 4.79. The topological polar surface area (TPSA) is 53.7 Å². The number of methoxy groups -OCH3 is 1. The van der Waals surface area contributed by atoms with Gasteiger partial charge in [-0.2, -0.15) is 0 Å². The van der Waals surface area contributed by atoms with Crippen molar-refractivity contribution >= 4 is 11.6 Å². The van der Waals surface area contributed by atoms with E-state index in [0.29, 0.717) is 23.1 Å². The Bertz CT molecular complexity index is 509. The Balaban J connectivity index is 2.20. The van der Waals surface area contributed by atoms with E-state index < -0.39 is 0 Å². The molecule has 4 nitrogen and oxygen atoms in total. The molecule has 0 saturated heterocycles. The lowest BCUT2D eigenvalue weighted by Crippen LogP contribution is -2.37. The molecule has 1 saturated carbocycles. The minimum absolute atomic E-state index is 0.119. The van der Waals surface area contributed by atoms with E-state index in [1.807, 2.05) is 0 Å². The van der Waals surface area contributed by atoms with Crippen LogP contribution in [0.2, 0.25) is 5.02 Å². The van der Waals surface area contributed by atoms with Gasteiger partial charge in [-0.1, -0.05) is 30.9 Å². The van der Waals surface area contributed by atoms with Gasteiger partial charge < -0.3 is 19.9 Å². The van der Waals surface area contributed by atoms with E-state index in [1.54, 1.807) is 13.2 Å². The van der Waals surface area contributed by atoms with Gasteiger partial charge in [0.15, 0.2) is 11.5 Å². The zero-order valence-corrected chi connectivity index (χ0v) is 12.5. The largest absolute Gasteiger partial charge is 0.495 e. The average Bonchev–Trinajstić information content (AvgIpc) is 2.94. The number of rotatable bonds is 3. The van der Waals surface area contributed by atoms with Crippen LogP contribution < -0.4 is 19.9 Å². The highest BCUT2D eigenvalue weighted by molar-refractivity contribution is 6.32. The van der Waals surface area contributed by atoms with Gasteiger partial charge in [0.2, 0.25) is 6.79 Å². The fraction of sp³-hybridized carbons (Fsp3) is 0.600. The highest BCUT2D eigenvalue weighted by Crippen LogP contribution is 2.54. The van der Waals surface area contributed by atoms with Gasteiger partial charge in [-0.25, -0.2) is 0 Å². The van der Waals surface area contributed by atoms with E-state index in [4.69, 9.17) is 31.5 Å². The van der Waals surface area contributed by atoms with E-state index in [1.165, 1.54) is 19.3 Å². The van der Waals surface area contributed by atoms with Crippen molar-refractivity contribution in [2.24, 2.45) is 5.73 Å². The summed E-state index contributed by atoms with van der Waals surface area (Å²) in [5.74, 6) is 2.14. The number of hydrogen-bond donors (Lipinski definition) is 1. The van der Waals surface area contributed by atoms with E-state index in [9.17, 15) is 0 Å². The molecular weight excluding hydrogens is 278 g/mol. The van der Waals surface area contributed by atoms with E-state index in [0.717, 1.165) is 24.2 Å². The number of nitrogens with two attached hydrogens (primary N) is 1. The van der Waals surface area contributed by atoms with Crippen LogP contribution in [0.1, 0.15) is 37.7 Å². The first-order valence-electron chi connectivity index (χ1n) is 7.08. The molecule has 0 atom stereocenters. The summed E-state index contributed by atoms with van der Waals surface area (Å²) in [6.45, 7) is 0.798. The van der Waals surface area contributed by atoms with Crippen LogP contribution >= 0.6 is 11.6 Å². The minimum atomic E-state index is -0.119. The summed E-state index contributed by atoms with van der Waals surface area (Å²) in [5.41, 5.74) is 7.03. The second-order valence-electron chi connectivity index (χ2n) is 5.55. The van der Waals surface area contributed by atoms with E-state index in [2.05, 4.69) is 0 Å². The maximum atomic E-state index is 6.35. The fourth-order valence-corrected chi connectivity index (χ4v) is 3.73. The Morgan fingerprint density at radius 2 is 2.05 bits per heavy atom. The van der Waals surface area contributed by atoms with Gasteiger partial charge in [0.05, 0.1) is 12.1 Å². The standard InChI is InChI=1S/C15H20ClNO3/c1-18-13-10(16)7-11-14(20-9-19-11)12(13)15(8-17)5-3-2-4-6-15/h7H,2-6,8-9,17H2,1H3. The maximum Gasteiger partial charge on any atom is 0.231 e. The molecule has 5 heteroatoms. The molecule has 0 amide bonds.